The number of carbonyl (C=O) groups is 3. The first-order chi connectivity index (χ1) is 14.6. The molecular formula is C20H20ClN3O6S. The van der Waals surface area contributed by atoms with Gasteiger partial charge < -0.3 is 15.4 Å². The van der Waals surface area contributed by atoms with E-state index in [1.54, 1.807) is 6.92 Å². The second-order valence-electron chi connectivity index (χ2n) is 7.21. The zero-order valence-corrected chi connectivity index (χ0v) is 18.6. The number of nitro benzene ring substituents is 1. The Balaban J connectivity index is 1.72. The standard InChI is InChI=1S/C20H20ClN3O6S/c1-9-11(3)31-19(23-18(26)12-4-5-12)16(9)20(27)30-10(2)17(25)22-15-8-13(24(28)29)6-7-14(15)21/h6-8,10,12H,4-5H2,1-3H3,(H,22,25)(H,23,26). The maximum Gasteiger partial charge on any atom is 0.342 e. The molecule has 1 aromatic carbocycles. The first-order valence-corrected chi connectivity index (χ1v) is 10.6. The van der Waals surface area contributed by atoms with Crippen LogP contribution in [0.4, 0.5) is 16.4 Å². The van der Waals surface area contributed by atoms with Crippen molar-refractivity contribution in [3.63, 3.8) is 0 Å². The Morgan fingerprint density at radius 1 is 1.26 bits per heavy atom. The predicted octanol–water partition coefficient (Wildman–Crippen LogP) is 4.46. The zero-order chi connectivity index (χ0) is 22.9. The molecule has 0 radical (unpaired) electrons. The molecule has 0 bridgehead atoms. The lowest BCUT2D eigenvalue weighted by Gasteiger charge is -2.15. The fraction of sp³-hybridized carbons (Fsp3) is 0.350. The highest BCUT2D eigenvalue weighted by atomic mass is 35.5. The third-order valence-electron chi connectivity index (χ3n) is 4.85. The number of amides is 2. The van der Waals surface area contributed by atoms with Crippen LogP contribution >= 0.6 is 22.9 Å². The van der Waals surface area contributed by atoms with E-state index >= 15 is 0 Å². The molecule has 2 N–H and O–H groups in total. The highest BCUT2D eigenvalue weighted by Crippen LogP contribution is 2.36. The summed E-state index contributed by atoms with van der Waals surface area (Å²) >= 11 is 7.26. The molecule has 31 heavy (non-hydrogen) atoms. The first-order valence-electron chi connectivity index (χ1n) is 9.45. The van der Waals surface area contributed by atoms with E-state index in [4.69, 9.17) is 16.3 Å². The summed E-state index contributed by atoms with van der Waals surface area (Å²) in [6.45, 7) is 4.93. The van der Waals surface area contributed by atoms with Crippen LogP contribution in [0, 0.1) is 29.9 Å². The Kier molecular flexibility index (Phi) is 6.61. The van der Waals surface area contributed by atoms with E-state index < -0.39 is 22.9 Å². The number of halogens is 1. The minimum Gasteiger partial charge on any atom is -0.449 e. The fourth-order valence-corrected chi connectivity index (χ4v) is 3.97. The van der Waals surface area contributed by atoms with Gasteiger partial charge in [-0.1, -0.05) is 11.6 Å². The summed E-state index contributed by atoms with van der Waals surface area (Å²) < 4.78 is 5.31. The summed E-state index contributed by atoms with van der Waals surface area (Å²) in [6.07, 6.45) is 0.438. The summed E-state index contributed by atoms with van der Waals surface area (Å²) in [5.74, 6) is -1.62. The third-order valence-corrected chi connectivity index (χ3v) is 6.30. The van der Waals surface area contributed by atoms with Gasteiger partial charge in [0.2, 0.25) is 5.91 Å². The average Bonchev–Trinajstić information content (AvgIpc) is 3.50. The number of rotatable bonds is 7. The minimum atomic E-state index is -1.21. The maximum atomic E-state index is 12.8. The number of carbonyl (C=O) groups excluding carboxylic acids is 3. The molecule has 1 saturated carbocycles. The molecule has 2 aromatic rings. The molecule has 2 amide bonds. The van der Waals surface area contributed by atoms with E-state index in [0.717, 1.165) is 23.8 Å². The molecule has 1 aliphatic carbocycles. The van der Waals surface area contributed by atoms with Crippen molar-refractivity contribution in [1.29, 1.82) is 0 Å². The molecule has 1 aromatic heterocycles. The van der Waals surface area contributed by atoms with E-state index in [1.807, 2.05) is 6.92 Å². The van der Waals surface area contributed by atoms with Crippen molar-refractivity contribution in [1.82, 2.24) is 0 Å². The summed E-state index contributed by atoms with van der Waals surface area (Å²) in [4.78, 5) is 48.5. The number of ether oxygens (including phenoxy) is 1. The molecule has 9 nitrogen and oxygen atoms in total. The van der Waals surface area contributed by atoms with Crippen molar-refractivity contribution in [2.75, 3.05) is 10.6 Å². The summed E-state index contributed by atoms with van der Waals surface area (Å²) in [5.41, 5.74) is 0.661. The van der Waals surface area contributed by atoms with Gasteiger partial charge in [0.25, 0.3) is 11.6 Å². The van der Waals surface area contributed by atoms with Crippen molar-refractivity contribution in [3.05, 3.63) is 49.3 Å². The number of hydrogen-bond acceptors (Lipinski definition) is 7. The van der Waals surface area contributed by atoms with Gasteiger partial charge in [0.15, 0.2) is 6.10 Å². The molecule has 11 heteroatoms. The number of esters is 1. The van der Waals surface area contributed by atoms with Gasteiger partial charge in [-0.15, -0.1) is 11.3 Å². The highest BCUT2D eigenvalue weighted by Gasteiger charge is 2.32. The van der Waals surface area contributed by atoms with Crippen molar-refractivity contribution in [3.8, 4) is 0 Å². The molecule has 1 atom stereocenters. The number of anilines is 2. The predicted molar refractivity (Wildman–Crippen MR) is 117 cm³/mol. The maximum absolute atomic E-state index is 12.8. The van der Waals surface area contributed by atoms with Crippen molar-refractivity contribution < 1.29 is 24.0 Å². The van der Waals surface area contributed by atoms with Gasteiger partial charge in [-0.3, -0.25) is 19.7 Å². The monoisotopic (exact) mass is 465 g/mol. The number of benzene rings is 1. The van der Waals surface area contributed by atoms with Crippen LogP contribution in [0.5, 0.6) is 0 Å². The van der Waals surface area contributed by atoms with E-state index in [0.29, 0.717) is 10.6 Å². The van der Waals surface area contributed by atoms with Gasteiger partial charge in [-0.25, -0.2) is 4.79 Å². The van der Waals surface area contributed by atoms with Crippen molar-refractivity contribution >= 4 is 57.1 Å². The van der Waals surface area contributed by atoms with Crippen molar-refractivity contribution in [2.24, 2.45) is 5.92 Å². The number of non-ortho nitro benzene ring substituents is 1. The van der Waals surface area contributed by atoms with E-state index in [9.17, 15) is 24.5 Å². The van der Waals surface area contributed by atoms with Gasteiger partial charge in [0.1, 0.15) is 5.00 Å². The first kappa shape index (κ1) is 22.7. The minimum absolute atomic E-state index is 0.0312. The van der Waals surface area contributed by atoms with Crippen LogP contribution in [-0.4, -0.2) is 28.8 Å². The van der Waals surface area contributed by atoms with Gasteiger partial charge in [-0.05, 0) is 45.2 Å². The molecule has 1 aliphatic rings. The molecule has 1 heterocycles. The number of hydrogen-bond donors (Lipinski definition) is 2. The zero-order valence-electron chi connectivity index (χ0n) is 17.0. The summed E-state index contributed by atoms with van der Waals surface area (Å²) in [6, 6.07) is 3.62. The Bertz CT molecular complexity index is 1080. The van der Waals surface area contributed by atoms with Crippen LogP contribution < -0.4 is 10.6 Å². The van der Waals surface area contributed by atoms with Crippen LogP contribution in [0.2, 0.25) is 5.02 Å². The van der Waals surface area contributed by atoms with E-state index in [2.05, 4.69) is 10.6 Å². The Morgan fingerprint density at radius 3 is 2.55 bits per heavy atom. The number of aryl methyl sites for hydroxylation is 1. The molecule has 164 valence electrons. The topological polar surface area (TPSA) is 128 Å². The number of nitrogens with zero attached hydrogens (tertiary/aromatic N) is 1. The largest absolute Gasteiger partial charge is 0.449 e. The van der Waals surface area contributed by atoms with Crippen LogP contribution in [-0.2, 0) is 14.3 Å². The Morgan fingerprint density at radius 2 is 1.94 bits per heavy atom. The molecule has 1 unspecified atom stereocenters. The second kappa shape index (κ2) is 9.03. The third kappa shape index (κ3) is 5.20. The Hall–Kier alpha value is -2.98. The molecular weight excluding hydrogens is 446 g/mol. The molecule has 0 spiro atoms. The van der Waals surface area contributed by atoms with Gasteiger partial charge >= 0.3 is 5.97 Å². The van der Waals surface area contributed by atoms with Gasteiger partial charge in [0.05, 0.1) is 21.2 Å². The number of thiophene rings is 1. The van der Waals surface area contributed by atoms with Crippen molar-refractivity contribution in [2.45, 2.75) is 39.7 Å². The second-order valence-corrected chi connectivity index (χ2v) is 8.84. The Labute approximate surface area is 186 Å². The summed E-state index contributed by atoms with van der Waals surface area (Å²) in [5, 5.41) is 16.6. The van der Waals surface area contributed by atoms with Crippen LogP contribution in [0.15, 0.2) is 18.2 Å². The molecule has 1 fully saturated rings. The smallest absolute Gasteiger partial charge is 0.342 e. The van der Waals surface area contributed by atoms with Gasteiger partial charge in [-0.2, -0.15) is 0 Å². The van der Waals surface area contributed by atoms with Crippen LogP contribution in [0.25, 0.3) is 0 Å². The lowest BCUT2D eigenvalue weighted by Crippen LogP contribution is -2.30. The molecule has 3 rings (SSSR count). The fourth-order valence-electron chi connectivity index (χ4n) is 2.75. The normalized spacial score (nSPS) is 13.9. The van der Waals surface area contributed by atoms with E-state index in [1.165, 1.54) is 30.4 Å². The SMILES string of the molecule is Cc1sc(NC(=O)C2CC2)c(C(=O)OC(C)C(=O)Nc2cc([N+](=O)[O-])ccc2Cl)c1C. The lowest BCUT2D eigenvalue weighted by atomic mass is 10.1. The van der Waals surface area contributed by atoms with Crippen LogP contribution in [0.1, 0.15) is 40.6 Å². The van der Waals surface area contributed by atoms with E-state index in [-0.39, 0.29) is 33.8 Å². The lowest BCUT2D eigenvalue weighted by molar-refractivity contribution is -0.384. The number of nitro groups is 1. The van der Waals surface area contributed by atoms with Gasteiger partial charge in [0, 0.05) is 22.9 Å². The molecule has 0 aliphatic heterocycles. The number of nitrogens with one attached hydrogen (secondary N) is 2. The average molecular weight is 466 g/mol. The quantitative estimate of drug-likeness (QED) is 0.353. The summed E-state index contributed by atoms with van der Waals surface area (Å²) in [7, 11) is 0. The van der Waals surface area contributed by atoms with Crippen LogP contribution in [0.3, 0.4) is 0 Å². The molecule has 0 saturated heterocycles. The highest BCUT2D eigenvalue weighted by molar-refractivity contribution is 7.16.